The smallest absolute Gasteiger partial charge is 0.386 e. The standard InChI is InChI=1S/C27H20F4N2O4/c28-20-11-7-17(8-12-20)25(34)24(13-16-5-9-19(10-6-16)27(29,30)31)32-26(35)23-15-21(33(36)37)14-18-3-1-2-4-22(18)23/h1-12,14-15,24-25,34H,13H2,(H,32,35). The SMILES string of the molecule is O=C(NC(Cc1ccc(C(F)(F)F)cc1)C(O)c1ccc(F)cc1)c1cc([N+](=O)[O-])cc2ccccc12. The number of rotatable bonds is 7. The highest BCUT2D eigenvalue weighted by molar-refractivity contribution is 6.08. The summed E-state index contributed by atoms with van der Waals surface area (Å²) in [4.78, 5) is 24.2. The molecule has 0 fully saturated rings. The van der Waals surface area contributed by atoms with Gasteiger partial charge in [0.1, 0.15) is 5.82 Å². The van der Waals surface area contributed by atoms with Gasteiger partial charge < -0.3 is 10.4 Å². The van der Waals surface area contributed by atoms with Crippen LogP contribution in [0.4, 0.5) is 23.2 Å². The Kier molecular flexibility index (Phi) is 7.21. The second-order valence-corrected chi connectivity index (χ2v) is 8.45. The van der Waals surface area contributed by atoms with Gasteiger partial charge in [0, 0.05) is 12.1 Å². The third-order valence-electron chi connectivity index (χ3n) is 5.95. The number of nitrogens with zero attached hydrogens (tertiary/aromatic N) is 1. The Balaban J connectivity index is 1.69. The maximum atomic E-state index is 13.4. The molecule has 2 N–H and O–H groups in total. The number of non-ortho nitro benzene ring substituents is 1. The van der Waals surface area contributed by atoms with Crippen molar-refractivity contribution in [2.24, 2.45) is 0 Å². The largest absolute Gasteiger partial charge is 0.416 e. The molecule has 0 heterocycles. The molecule has 0 spiro atoms. The zero-order valence-corrected chi connectivity index (χ0v) is 19.1. The van der Waals surface area contributed by atoms with E-state index in [-0.39, 0.29) is 23.2 Å². The first kappa shape index (κ1) is 25.8. The van der Waals surface area contributed by atoms with Crippen molar-refractivity contribution < 1.29 is 32.4 Å². The highest BCUT2D eigenvalue weighted by atomic mass is 19.4. The number of nitro groups is 1. The van der Waals surface area contributed by atoms with Gasteiger partial charge in [0.25, 0.3) is 11.6 Å². The number of amides is 1. The van der Waals surface area contributed by atoms with E-state index in [0.29, 0.717) is 16.3 Å². The van der Waals surface area contributed by atoms with Crippen LogP contribution in [0.1, 0.15) is 33.2 Å². The molecule has 0 saturated carbocycles. The van der Waals surface area contributed by atoms with Gasteiger partial charge in [-0.1, -0.05) is 48.5 Å². The topological polar surface area (TPSA) is 92.5 Å². The van der Waals surface area contributed by atoms with Gasteiger partial charge in [-0.2, -0.15) is 13.2 Å². The molecule has 1 amide bonds. The Morgan fingerprint density at radius 1 is 0.973 bits per heavy atom. The van der Waals surface area contributed by atoms with E-state index < -0.39 is 40.5 Å². The average molecular weight is 512 g/mol. The third-order valence-corrected chi connectivity index (χ3v) is 5.95. The second-order valence-electron chi connectivity index (χ2n) is 8.45. The lowest BCUT2D eigenvalue weighted by atomic mass is 9.94. The monoisotopic (exact) mass is 512 g/mol. The van der Waals surface area contributed by atoms with Crippen molar-refractivity contribution in [3.05, 3.63) is 123 Å². The van der Waals surface area contributed by atoms with Crippen LogP contribution in [0.2, 0.25) is 0 Å². The number of benzene rings is 4. The summed E-state index contributed by atoms with van der Waals surface area (Å²) >= 11 is 0. The minimum Gasteiger partial charge on any atom is -0.386 e. The van der Waals surface area contributed by atoms with Crippen molar-refractivity contribution in [1.82, 2.24) is 5.32 Å². The van der Waals surface area contributed by atoms with E-state index >= 15 is 0 Å². The molecule has 0 aliphatic heterocycles. The summed E-state index contributed by atoms with van der Waals surface area (Å²) in [6.45, 7) is 0. The quantitative estimate of drug-likeness (QED) is 0.181. The highest BCUT2D eigenvalue weighted by Crippen LogP contribution is 2.30. The summed E-state index contributed by atoms with van der Waals surface area (Å²) < 4.78 is 52.3. The van der Waals surface area contributed by atoms with Crippen molar-refractivity contribution in [1.29, 1.82) is 0 Å². The molecule has 2 atom stereocenters. The van der Waals surface area contributed by atoms with Crippen LogP contribution in [0.25, 0.3) is 10.8 Å². The Morgan fingerprint density at radius 3 is 2.24 bits per heavy atom. The van der Waals surface area contributed by atoms with Crippen molar-refractivity contribution in [3.63, 3.8) is 0 Å². The van der Waals surface area contributed by atoms with Crippen molar-refractivity contribution in [2.75, 3.05) is 0 Å². The maximum absolute atomic E-state index is 13.4. The highest BCUT2D eigenvalue weighted by Gasteiger charge is 2.31. The minimum atomic E-state index is -4.52. The van der Waals surface area contributed by atoms with Crippen LogP contribution >= 0.6 is 0 Å². The first-order chi connectivity index (χ1) is 17.5. The normalized spacial score (nSPS) is 13.2. The van der Waals surface area contributed by atoms with Crippen LogP contribution < -0.4 is 5.32 Å². The van der Waals surface area contributed by atoms with E-state index in [1.54, 1.807) is 24.3 Å². The average Bonchev–Trinajstić information content (AvgIpc) is 2.87. The molecule has 2 unspecified atom stereocenters. The maximum Gasteiger partial charge on any atom is 0.416 e. The van der Waals surface area contributed by atoms with Crippen LogP contribution in [0.3, 0.4) is 0 Å². The molecule has 0 aliphatic carbocycles. The number of aliphatic hydroxyl groups is 1. The Bertz CT molecular complexity index is 1440. The van der Waals surface area contributed by atoms with E-state index in [9.17, 15) is 37.6 Å². The van der Waals surface area contributed by atoms with Gasteiger partial charge in [0.05, 0.1) is 28.2 Å². The van der Waals surface area contributed by atoms with Gasteiger partial charge >= 0.3 is 6.18 Å². The summed E-state index contributed by atoms with van der Waals surface area (Å²) in [6.07, 6.45) is -5.96. The number of hydrogen-bond acceptors (Lipinski definition) is 4. The lowest BCUT2D eigenvalue weighted by Crippen LogP contribution is -2.41. The number of nitrogens with one attached hydrogen (secondary N) is 1. The first-order valence-corrected chi connectivity index (χ1v) is 11.1. The lowest BCUT2D eigenvalue weighted by molar-refractivity contribution is -0.384. The molecular weight excluding hydrogens is 492 g/mol. The molecule has 0 aliphatic rings. The summed E-state index contributed by atoms with van der Waals surface area (Å²) in [6, 6.07) is 17.1. The fraction of sp³-hybridized carbons (Fsp3) is 0.148. The molecule has 0 radical (unpaired) electrons. The first-order valence-electron chi connectivity index (χ1n) is 11.1. The van der Waals surface area contributed by atoms with E-state index in [2.05, 4.69) is 5.32 Å². The van der Waals surface area contributed by atoms with Gasteiger partial charge in [-0.25, -0.2) is 4.39 Å². The van der Waals surface area contributed by atoms with Gasteiger partial charge in [0.2, 0.25) is 0 Å². The fourth-order valence-corrected chi connectivity index (χ4v) is 4.05. The van der Waals surface area contributed by atoms with Crippen molar-refractivity contribution >= 4 is 22.4 Å². The molecule has 0 saturated heterocycles. The number of nitro benzene ring substituents is 1. The molecule has 190 valence electrons. The molecule has 4 aromatic carbocycles. The predicted molar refractivity (Wildman–Crippen MR) is 128 cm³/mol. The number of aliphatic hydroxyl groups excluding tert-OH is 1. The lowest BCUT2D eigenvalue weighted by Gasteiger charge is -2.25. The molecule has 6 nitrogen and oxygen atoms in total. The molecular formula is C27H20F4N2O4. The van der Waals surface area contributed by atoms with E-state index in [0.717, 1.165) is 30.3 Å². The van der Waals surface area contributed by atoms with Gasteiger partial charge in [-0.3, -0.25) is 14.9 Å². The van der Waals surface area contributed by atoms with Crippen molar-refractivity contribution in [2.45, 2.75) is 24.7 Å². The Labute approximate surface area is 208 Å². The molecule has 0 aromatic heterocycles. The third kappa shape index (κ3) is 5.92. The zero-order chi connectivity index (χ0) is 26.7. The van der Waals surface area contributed by atoms with Gasteiger partial charge in [-0.05, 0) is 52.6 Å². The Morgan fingerprint density at radius 2 is 1.62 bits per heavy atom. The van der Waals surface area contributed by atoms with E-state index in [4.69, 9.17) is 0 Å². The van der Waals surface area contributed by atoms with E-state index in [1.807, 2.05) is 0 Å². The molecule has 0 bridgehead atoms. The number of hydrogen-bond donors (Lipinski definition) is 2. The van der Waals surface area contributed by atoms with Crippen LogP contribution in [-0.4, -0.2) is 22.0 Å². The van der Waals surface area contributed by atoms with Crippen LogP contribution in [0.5, 0.6) is 0 Å². The van der Waals surface area contributed by atoms with Crippen molar-refractivity contribution in [3.8, 4) is 0 Å². The molecule has 10 heteroatoms. The summed E-state index contributed by atoms with van der Waals surface area (Å²) in [7, 11) is 0. The fourth-order valence-electron chi connectivity index (χ4n) is 4.05. The molecule has 4 aromatic rings. The predicted octanol–water partition coefficient (Wildman–Crippen LogP) is 5.98. The Hall–Kier alpha value is -4.31. The number of carbonyl (C=O) groups is 1. The summed E-state index contributed by atoms with van der Waals surface area (Å²) in [5.74, 6) is -1.26. The van der Waals surface area contributed by atoms with Gasteiger partial charge in [0.15, 0.2) is 0 Å². The second kappa shape index (κ2) is 10.4. The van der Waals surface area contributed by atoms with E-state index in [1.165, 1.54) is 30.3 Å². The number of alkyl halides is 3. The number of carbonyl (C=O) groups excluding carboxylic acids is 1. The van der Waals surface area contributed by atoms with Crippen LogP contribution in [-0.2, 0) is 12.6 Å². The number of fused-ring (bicyclic) bond motifs is 1. The molecule has 4 rings (SSSR count). The summed E-state index contributed by atoms with van der Waals surface area (Å²) in [5, 5.41) is 26.0. The number of halogens is 4. The molecule has 37 heavy (non-hydrogen) atoms. The minimum absolute atomic E-state index is 0.00599. The summed E-state index contributed by atoms with van der Waals surface area (Å²) in [5.41, 5.74) is -0.499. The zero-order valence-electron chi connectivity index (χ0n) is 19.1. The van der Waals surface area contributed by atoms with Crippen LogP contribution in [0, 0.1) is 15.9 Å². The van der Waals surface area contributed by atoms with Crippen LogP contribution in [0.15, 0.2) is 84.9 Å². The van der Waals surface area contributed by atoms with Gasteiger partial charge in [-0.15, -0.1) is 0 Å².